The molecule has 7 heteroatoms. The third-order valence-electron chi connectivity index (χ3n) is 2.81. The number of rotatable bonds is 4. The Bertz CT molecular complexity index is 655. The lowest BCUT2D eigenvalue weighted by molar-refractivity contribution is -0.384. The second kappa shape index (κ2) is 7.04. The number of hydrogen-bond donors (Lipinski definition) is 2. The fourth-order valence-electron chi connectivity index (χ4n) is 1.98. The van der Waals surface area contributed by atoms with Crippen LogP contribution in [0.5, 0.6) is 0 Å². The monoisotopic (exact) mass is 319 g/mol. The molecule has 0 atom stereocenters. The molecule has 7 nitrogen and oxygen atoms in total. The molecular weight excluding hydrogens is 298 g/mol. The highest BCUT2D eigenvalue weighted by Crippen LogP contribution is 2.22. The Morgan fingerprint density at radius 2 is 1.74 bits per heavy atom. The fraction of sp³-hybridized carbons (Fsp3) is 0.375. The molecule has 0 heterocycles. The van der Waals surface area contributed by atoms with E-state index in [-0.39, 0.29) is 11.4 Å². The van der Waals surface area contributed by atoms with Gasteiger partial charge in [0.05, 0.1) is 4.92 Å². The van der Waals surface area contributed by atoms with Crippen LogP contribution in [-0.4, -0.2) is 22.3 Å². The first kappa shape index (κ1) is 18.3. The standard InChI is InChI=1S/C16H21N3O4/c1-10(17)14(11(2)18-15(20)23-16(3,4)5)12-6-8-13(9-7-12)19(21)22/h6-9,17H,1-5H3,(H,18,20)/b14-11+,17-10?. The molecule has 1 amide bonds. The Kier molecular flexibility index (Phi) is 5.62. The molecule has 0 aliphatic carbocycles. The summed E-state index contributed by atoms with van der Waals surface area (Å²) in [6.45, 7) is 8.50. The van der Waals surface area contributed by atoms with Crippen LogP contribution < -0.4 is 5.32 Å². The van der Waals surface area contributed by atoms with E-state index in [9.17, 15) is 14.9 Å². The average Bonchev–Trinajstić information content (AvgIpc) is 2.36. The van der Waals surface area contributed by atoms with Gasteiger partial charge in [0.1, 0.15) is 5.60 Å². The molecule has 23 heavy (non-hydrogen) atoms. The minimum Gasteiger partial charge on any atom is -0.444 e. The fourth-order valence-corrected chi connectivity index (χ4v) is 1.98. The average molecular weight is 319 g/mol. The van der Waals surface area contributed by atoms with Crippen LogP contribution in [-0.2, 0) is 4.74 Å². The summed E-state index contributed by atoms with van der Waals surface area (Å²) in [6.07, 6.45) is -0.615. The second-order valence-corrected chi connectivity index (χ2v) is 6.06. The summed E-state index contributed by atoms with van der Waals surface area (Å²) in [4.78, 5) is 22.1. The second-order valence-electron chi connectivity index (χ2n) is 6.06. The van der Waals surface area contributed by atoms with Gasteiger partial charge in [0.2, 0.25) is 0 Å². The summed E-state index contributed by atoms with van der Waals surface area (Å²) in [5, 5.41) is 21.2. The summed E-state index contributed by atoms with van der Waals surface area (Å²) in [5.74, 6) is 0. The Labute approximate surface area is 135 Å². The van der Waals surface area contributed by atoms with Gasteiger partial charge in [0, 0.05) is 29.1 Å². The molecule has 0 unspecified atom stereocenters. The van der Waals surface area contributed by atoms with Gasteiger partial charge in [-0.15, -0.1) is 0 Å². The van der Waals surface area contributed by atoms with E-state index in [1.807, 2.05) is 0 Å². The molecule has 0 spiro atoms. The molecular formula is C16H21N3O4. The zero-order chi connectivity index (χ0) is 17.8. The Hall–Kier alpha value is -2.70. The number of amides is 1. The van der Waals surface area contributed by atoms with Gasteiger partial charge in [-0.3, -0.25) is 15.4 Å². The third kappa shape index (κ3) is 5.54. The lowest BCUT2D eigenvalue weighted by Gasteiger charge is -2.20. The predicted octanol–water partition coefficient (Wildman–Crippen LogP) is 3.89. The molecule has 1 rings (SSSR count). The van der Waals surface area contributed by atoms with Crippen molar-refractivity contribution in [3.8, 4) is 0 Å². The van der Waals surface area contributed by atoms with Crippen molar-refractivity contribution in [3.05, 3.63) is 45.6 Å². The highest BCUT2D eigenvalue weighted by molar-refractivity contribution is 6.22. The summed E-state index contributed by atoms with van der Waals surface area (Å²) in [6, 6.07) is 5.82. The smallest absolute Gasteiger partial charge is 0.411 e. The summed E-state index contributed by atoms with van der Waals surface area (Å²) in [7, 11) is 0. The number of nitro groups is 1. The van der Waals surface area contributed by atoms with Crippen LogP contribution in [0.1, 0.15) is 40.2 Å². The van der Waals surface area contributed by atoms with E-state index in [0.29, 0.717) is 16.8 Å². The van der Waals surface area contributed by atoms with E-state index in [1.165, 1.54) is 12.1 Å². The van der Waals surface area contributed by atoms with Gasteiger partial charge in [-0.05, 0) is 52.3 Å². The summed E-state index contributed by atoms with van der Waals surface area (Å²) < 4.78 is 5.18. The molecule has 0 radical (unpaired) electrons. The quantitative estimate of drug-likeness (QED) is 0.499. The van der Waals surface area contributed by atoms with E-state index in [2.05, 4.69) is 5.32 Å². The molecule has 0 saturated carbocycles. The van der Waals surface area contributed by atoms with Gasteiger partial charge in [0.15, 0.2) is 0 Å². The first-order chi connectivity index (χ1) is 10.5. The van der Waals surface area contributed by atoms with Crippen LogP contribution in [0, 0.1) is 15.5 Å². The third-order valence-corrected chi connectivity index (χ3v) is 2.81. The van der Waals surface area contributed by atoms with Crippen molar-refractivity contribution in [1.29, 1.82) is 5.41 Å². The number of carbonyl (C=O) groups excluding carboxylic acids is 1. The molecule has 0 aliphatic rings. The van der Waals surface area contributed by atoms with Gasteiger partial charge in [-0.25, -0.2) is 4.79 Å². The lowest BCUT2D eigenvalue weighted by atomic mass is 10.00. The van der Waals surface area contributed by atoms with Gasteiger partial charge in [-0.2, -0.15) is 0 Å². The van der Waals surface area contributed by atoms with Crippen LogP contribution in [0.4, 0.5) is 10.5 Å². The number of hydrogen-bond acceptors (Lipinski definition) is 5. The topological polar surface area (TPSA) is 105 Å². The van der Waals surface area contributed by atoms with Crippen molar-refractivity contribution >= 4 is 23.1 Å². The van der Waals surface area contributed by atoms with Gasteiger partial charge in [0.25, 0.3) is 5.69 Å². The normalized spacial score (nSPS) is 12.2. The molecule has 0 aliphatic heterocycles. The zero-order valence-corrected chi connectivity index (χ0v) is 13.9. The number of non-ortho nitro benzene ring substituents is 1. The molecule has 0 saturated heterocycles. The lowest BCUT2D eigenvalue weighted by Crippen LogP contribution is -2.32. The van der Waals surface area contributed by atoms with E-state index >= 15 is 0 Å². The van der Waals surface area contributed by atoms with Crippen LogP contribution in [0.2, 0.25) is 0 Å². The van der Waals surface area contributed by atoms with Crippen molar-refractivity contribution in [2.24, 2.45) is 0 Å². The summed E-state index contributed by atoms with van der Waals surface area (Å²) >= 11 is 0. The van der Waals surface area contributed by atoms with Crippen molar-refractivity contribution < 1.29 is 14.5 Å². The molecule has 1 aromatic carbocycles. The van der Waals surface area contributed by atoms with Gasteiger partial charge < -0.3 is 10.1 Å². The maximum atomic E-state index is 11.8. The first-order valence-electron chi connectivity index (χ1n) is 7.02. The molecule has 124 valence electrons. The first-order valence-corrected chi connectivity index (χ1v) is 7.02. The number of ether oxygens (including phenoxy) is 1. The number of nitrogens with one attached hydrogen (secondary N) is 2. The Morgan fingerprint density at radius 3 is 2.13 bits per heavy atom. The number of nitrogens with zero attached hydrogens (tertiary/aromatic N) is 1. The number of benzene rings is 1. The largest absolute Gasteiger partial charge is 0.444 e. The number of nitro benzene ring substituents is 1. The van der Waals surface area contributed by atoms with E-state index in [4.69, 9.17) is 10.1 Å². The number of allylic oxidation sites excluding steroid dienone is 2. The van der Waals surface area contributed by atoms with Crippen molar-refractivity contribution in [1.82, 2.24) is 5.32 Å². The maximum absolute atomic E-state index is 11.8. The number of alkyl carbamates (subject to hydrolysis) is 1. The Morgan fingerprint density at radius 1 is 1.22 bits per heavy atom. The SMILES string of the molecule is CC(=N)/C(=C(/C)NC(=O)OC(C)(C)C)c1ccc([N+](=O)[O-])cc1. The van der Waals surface area contributed by atoms with Crippen molar-refractivity contribution in [2.75, 3.05) is 0 Å². The summed E-state index contributed by atoms with van der Waals surface area (Å²) in [5.41, 5.74) is 1.11. The van der Waals surface area contributed by atoms with Gasteiger partial charge in [-0.1, -0.05) is 0 Å². The van der Waals surface area contributed by atoms with E-state index < -0.39 is 16.6 Å². The zero-order valence-electron chi connectivity index (χ0n) is 13.9. The highest BCUT2D eigenvalue weighted by atomic mass is 16.6. The minimum atomic E-state index is -0.627. The van der Waals surface area contributed by atoms with Crippen LogP contribution >= 0.6 is 0 Å². The highest BCUT2D eigenvalue weighted by Gasteiger charge is 2.18. The van der Waals surface area contributed by atoms with Crippen molar-refractivity contribution in [2.45, 2.75) is 40.2 Å². The molecule has 0 fully saturated rings. The van der Waals surface area contributed by atoms with E-state index in [0.717, 1.165) is 0 Å². The molecule has 1 aromatic rings. The van der Waals surface area contributed by atoms with E-state index in [1.54, 1.807) is 46.8 Å². The van der Waals surface area contributed by atoms with Crippen molar-refractivity contribution in [3.63, 3.8) is 0 Å². The minimum absolute atomic E-state index is 0.0338. The van der Waals surface area contributed by atoms with Gasteiger partial charge >= 0.3 is 6.09 Å². The van der Waals surface area contributed by atoms with Crippen LogP contribution in [0.3, 0.4) is 0 Å². The molecule has 2 N–H and O–H groups in total. The van der Waals surface area contributed by atoms with Crippen LogP contribution in [0.15, 0.2) is 30.0 Å². The van der Waals surface area contributed by atoms with Crippen LogP contribution in [0.25, 0.3) is 5.57 Å². The predicted molar refractivity (Wildman–Crippen MR) is 88.5 cm³/mol. The number of carbonyl (C=O) groups is 1. The molecule has 0 aromatic heterocycles. The maximum Gasteiger partial charge on any atom is 0.411 e. The molecule has 0 bridgehead atoms. The Balaban J connectivity index is 3.11.